The quantitative estimate of drug-likeness (QED) is 0.796. The minimum atomic E-state index is 0.0160. The van der Waals surface area contributed by atoms with Crippen LogP contribution in [0.1, 0.15) is 36.7 Å². The summed E-state index contributed by atoms with van der Waals surface area (Å²) in [4.78, 5) is 14.2. The van der Waals surface area contributed by atoms with Crippen LogP contribution >= 0.6 is 0 Å². The van der Waals surface area contributed by atoms with Crippen molar-refractivity contribution in [1.29, 1.82) is 0 Å². The summed E-state index contributed by atoms with van der Waals surface area (Å²) in [6, 6.07) is 17.6. The molecule has 2 aromatic carbocycles. The number of amides is 1. The molecule has 0 atom stereocenters. The minimum absolute atomic E-state index is 0.0160. The highest BCUT2D eigenvalue weighted by atomic mass is 16.2. The van der Waals surface area contributed by atoms with Crippen LogP contribution in [0.25, 0.3) is 0 Å². The second-order valence-electron chi connectivity index (χ2n) is 6.03. The average molecular weight is 267 g/mol. The van der Waals surface area contributed by atoms with Gasteiger partial charge in [0.1, 0.15) is 0 Å². The first-order valence-corrected chi connectivity index (χ1v) is 6.83. The van der Waals surface area contributed by atoms with E-state index in [9.17, 15) is 4.79 Å². The molecule has 0 aromatic heterocycles. The molecule has 0 aliphatic heterocycles. The summed E-state index contributed by atoms with van der Waals surface area (Å²) in [5.74, 6) is 0.0160. The van der Waals surface area contributed by atoms with E-state index in [4.69, 9.17) is 0 Å². The lowest BCUT2D eigenvalue weighted by Crippen LogP contribution is -2.26. The van der Waals surface area contributed by atoms with E-state index in [1.165, 1.54) is 5.56 Å². The van der Waals surface area contributed by atoms with Gasteiger partial charge in [-0.2, -0.15) is 0 Å². The summed E-state index contributed by atoms with van der Waals surface area (Å²) in [7, 11) is 1.81. The minimum Gasteiger partial charge on any atom is -0.311 e. The van der Waals surface area contributed by atoms with Crippen molar-refractivity contribution >= 4 is 11.6 Å². The molecule has 0 spiro atoms. The summed E-state index contributed by atoms with van der Waals surface area (Å²) in [5.41, 5.74) is 2.84. The van der Waals surface area contributed by atoms with Gasteiger partial charge in [0.05, 0.1) is 0 Å². The molecule has 0 unspecified atom stereocenters. The highest BCUT2D eigenvalue weighted by Crippen LogP contribution is 2.24. The fraction of sp³-hybridized carbons (Fsp3) is 0.278. The van der Waals surface area contributed by atoms with Crippen LogP contribution in [0, 0.1) is 0 Å². The van der Waals surface area contributed by atoms with Gasteiger partial charge in [0.2, 0.25) is 0 Å². The van der Waals surface area contributed by atoms with Crippen molar-refractivity contribution in [2.45, 2.75) is 26.2 Å². The molecule has 0 aliphatic carbocycles. The van der Waals surface area contributed by atoms with Crippen molar-refractivity contribution in [3.63, 3.8) is 0 Å². The smallest absolute Gasteiger partial charge is 0.258 e. The highest BCUT2D eigenvalue weighted by Gasteiger charge is 2.18. The lowest BCUT2D eigenvalue weighted by atomic mass is 9.86. The third-order valence-electron chi connectivity index (χ3n) is 3.42. The zero-order chi connectivity index (χ0) is 14.8. The Hall–Kier alpha value is -2.09. The Kier molecular flexibility index (Phi) is 3.93. The molecule has 0 fully saturated rings. The van der Waals surface area contributed by atoms with Crippen molar-refractivity contribution < 1.29 is 4.79 Å². The summed E-state index contributed by atoms with van der Waals surface area (Å²) in [6.07, 6.45) is 0. The van der Waals surface area contributed by atoms with Crippen molar-refractivity contribution in [1.82, 2.24) is 0 Å². The van der Waals surface area contributed by atoms with Gasteiger partial charge in [-0.1, -0.05) is 51.1 Å². The van der Waals surface area contributed by atoms with E-state index >= 15 is 0 Å². The maximum Gasteiger partial charge on any atom is 0.258 e. The highest BCUT2D eigenvalue weighted by molar-refractivity contribution is 6.05. The van der Waals surface area contributed by atoms with Gasteiger partial charge in [0, 0.05) is 18.3 Å². The Morgan fingerprint density at radius 2 is 1.60 bits per heavy atom. The standard InChI is InChI=1S/C18H21NO/c1-18(2,3)15-10-8-9-14(13-15)17(20)19(4)16-11-6-5-7-12-16/h5-13H,1-4H3. The van der Waals surface area contributed by atoms with Gasteiger partial charge in [-0.25, -0.2) is 0 Å². The molecule has 2 aromatic rings. The van der Waals surface area contributed by atoms with Crippen molar-refractivity contribution in [2.75, 3.05) is 11.9 Å². The number of para-hydroxylation sites is 1. The maximum atomic E-state index is 12.6. The lowest BCUT2D eigenvalue weighted by Gasteiger charge is -2.21. The summed E-state index contributed by atoms with van der Waals surface area (Å²) in [6.45, 7) is 6.45. The molecular formula is C18H21NO. The predicted molar refractivity (Wildman–Crippen MR) is 84.3 cm³/mol. The van der Waals surface area contributed by atoms with Crippen LogP contribution in [0.3, 0.4) is 0 Å². The monoisotopic (exact) mass is 267 g/mol. The largest absolute Gasteiger partial charge is 0.311 e. The summed E-state index contributed by atoms with van der Waals surface area (Å²) < 4.78 is 0. The van der Waals surface area contributed by atoms with Gasteiger partial charge in [-0.05, 0) is 35.2 Å². The average Bonchev–Trinajstić information content (AvgIpc) is 2.46. The van der Waals surface area contributed by atoms with Crippen LogP contribution in [0.5, 0.6) is 0 Å². The Bertz CT molecular complexity index is 596. The number of anilines is 1. The Morgan fingerprint density at radius 1 is 0.950 bits per heavy atom. The SMILES string of the molecule is CN(C(=O)c1cccc(C(C)(C)C)c1)c1ccccc1. The van der Waals surface area contributed by atoms with Gasteiger partial charge >= 0.3 is 0 Å². The first-order chi connectivity index (χ1) is 9.39. The topological polar surface area (TPSA) is 20.3 Å². The van der Waals surface area contributed by atoms with Crippen molar-refractivity contribution in [3.05, 3.63) is 65.7 Å². The molecule has 0 radical (unpaired) electrons. The van der Waals surface area contributed by atoms with Gasteiger partial charge in [0.25, 0.3) is 5.91 Å². The second kappa shape index (κ2) is 5.49. The Balaban J connectivity index is 2.30. The number of hydrogen-bond acceptors (Lipinski definition) is 1. The number of rotatable bonds is 2. The first kappa shape index (κ1) is 14.3. The number of nitrogens with zero attached hydrogens (tertiary/aromatic N) is 1. The van der Waals surface area contributed by atoms with E-state index in [1.807, 2.05) is 48.5 Å². The van der Waals surface area contributed by atoms with Gasteiger partial charge in [0.15, 0.2) is 0 Å². The van der Waals surface area contributed by atoms with Crippen LogP contribution in [0.15, 0.2) is 54.6 Å². The normalized spacial score (nSPS) is 11.2. The fourth-order valence-corrected chi connectivity index (χ4v) is 2.08. The third-order valence-corrected chi connectivity index (χ3v) is 3.42. The Morgan fingerprint density at radius 3 is 2.20 bits per heavy atom. The fourth-order valence-electron chi connectivity index (χ4n) is 2.08. The van der Waals surface area contributed by atoms with E-state index < -0.39 is 0 Å². The lowest BCUT2D eigenvalue weighted by molar-refractivity contribution is 0.0993. The summed E-state index contributed by atoms with van der Waals surface area (Å²) >= 11 is 0. The third kappa shape index (κ3) is 3.08. The predicted octanol–water partition coefficient (Wildman–Crippen LogP) is 4.26. The molecule has 2 nitrogen and oxygen atoms in total. The molecule has 0 bridgehead atoms. The zero-order valence-corrected chi connectivity index (χ0v) is 12.6. The van der Waals surface area contributed by atoms with Crippen LogP contribution in [0.4, 0.5) is 5.69 Å². The van der Waals surface area contributed by atoms with Crippen LogP contribution < -0.4 is 4.90 Å². The van der Waals surface area contributed by atoms with Crippen LogP contribution in [-0.4, -0.2) is 13.0 Å². The molecule has 0 N–H and O–H groups in total. The number of carbonyl (C=O) groups is 1. The van der Waals surface area contributed by atoms with E-state index in [2.05, 4.69) is 26.8 Å². The summed E-state index contributed by atoms with van der Waals surface area (Å²) in [5, 5.41) is 0. The molecule has 0 saturated heterocycles. The van der Waals surface area contributed by atoms with Gasteiger partial charge in [-0.15, -0.1) is 0 Å². The number of benzene rings is 2. The van der Waals surface area contributed by atoms with E-state index in [-0.39, 0.29) is 11.3 Å². The molecule has 0 aliphatic rings. The van der Waals surface area contributed by atoms with Gasteiger partial charge in [-0.3, -0.25) is 4.79 Å². The maximum absolute atomic E-state index is 12.6. The first-order valence-electron chi connectivity index (χ1n) is 6.83. The van der Waals surface area contributed by atoms with E-state index in [0.29, 0.717) is 0 Å². The molecule has 1 amide bonds. The molecule has 2 heteroatoms. The molecule has 0 saturated carbocycles. The molecular weight excluding hydrogens is 246 g/mol. The van der Waals surface area contributed by atoms with Crippen molar-refractivity contribution in [3.8, 4) is 0 Å². The Labute approximate surface area is 121 Å². The van der Waals surface area contributed by atoms with Gasteiger partial charge < -0.3 is 4.90 Å². The van der Waals surface area contributed by atoms with Crippen molar-refractivity contribution in [2.24, 2.45) is 0 Å². The molecule has 0 heterocycles. The zero-order valence-electron chi connectivity index (χ0n) is 12.6. The molecule has 20 heavy (non-hydrogen) atoms. The van der Waals surface area contributed by atoms with E-state index in [0.717, 1.165) is 11.3 Å². The van der Waals surface area contributed by atoms with Crippen LogP contribution in [0.2, 0.25) is 0 Å². The van der Waals surface area contributed by atoms with Crippen LogP contribution in [-0.2, 0) is 5.41 Å². The number of carbonyl (C=O) groups excluding carboxylic acids is 1. The number of hydrogen-bond donors (Lipinski definition) is 0. The molecule has 2 rings (SSSR count). The van der Waals surface area contributed by atoms with E-state index in [1.54, 1.807) is 11.9 Å². The molecule has 104 valence electrons. The second-order valence-corrected chi connectivity index (χ2v) is 6.03.